The van der Waals surface area contributed by atoms with E-state index in [9.17, 15) is 18.8 Å². The molecule has 1 amide bonds. The molecular weight excluding hydrogens is 443 g/mol. The summed E-state index contributed by atoms with van der Waals surface area (Å²) >= 11 is 0. The number of hydrogen-bond acceptors (Lipinski definition) is 7. The van der Waals surface area contributed by atoms with Crippen LogP contribution in [0.2, 0.25) is 0 Å². The molecule has 0 radical (unpaired) electrons. The molecule has 34 heavy (non-hydrogen) atoms. The first-order valence-electron chi connectivity index (χ1n) is 11.1. The number of benzene rings is 1. The first-order valence-corrected chi connectivity index (χ1v) is 11.1. The fourth-order valence-corrected chi connectivity index (χ4v) is 3.86. The first-order chi connectivity index (χ1) is 16.1. The normalized spacial score (nSPS) is 17.4. The Morgan fingerprint density at radius 1 is 1.24 bits per heavy atom. The molecule has 3 rings (SSSR count). The summed E-state index contributed by atoms with van der Waals surface area (Å²) in [6.07, 6.45) is 2.14. The van der Waals surface area contributed by atoms with Crippen LogP contribution in [-0.4, -0.2) is 41.6 Å². The number of carbonyl (C=O) groups excluding carboxylic acids is 3. The first kappa shape index (κ1) is 25.1. The van der Waals surface area contributed by atoms with Crippen molar-refractivity contribution in [2.75, 3.05) is 7.11 Å². The van der Waals surface area contributed by atoms with E-state index in [0.29, 0.717) is 12.8 Å². The molecule has 2 aromatic rings. The number of ether oxygens (including phenoxy) is 3. The molecule has 1 aliphatic carbocycles. The van der Waals surface area contributed by atoms with Crippen LogP contribution in [0.1, 0.15) is 68.1 Å². The average Bonchev–Trinajstić information content (AvgIpc) is 2.80. The number of aromatic nitrogens is 1. The molecule has 0 saturated heterocycles. The maximum atomic E-state index is 13.5. The van der Waals surface area contributed by atoms with Crippen LogP contribution < -0.4 is 14.8 Å². The van der Waals surface area contributed by atoms with Crippen molar-refractivity contribution in [1.82, 2.24) is 10.3 Å². The highest BCUT2D eigenvalue weighted by Gasteiger charge is 2.37. The van der Waals surface area contributed by atoms with Gasteiger partial charge in [-0.2, -0.15) is 0 Å². The summed E-state index contributed by atoms with van der Waals surface area (Å²) in [7, 11) is 1.37. The highest BCUT2D eigenvalue weighted by Crippen LogP contribution is 2.35. The van der Waals surface area contributed by atoms with E-state index in [1.54, 1.807) is 13.0 Å². The number of nitrogens with zero attached hydrogens (tertiary/aromatic N) is 1. The summed E-state index contributed by atoms with van der Waals surface area (Å²) in [6.45, 7) is 6.57. The van der Waals surface area contributed by atoms with Gasteiger partial charge in [-0.15, -0.1) is 0 Å². The van der Waals surface area contributed by atoms with Gasteiger partial charge in [-0.1, -0.05) is 19.9 Å². The van der Waals surface area contributed by atoms with Gasteiger partial charge in [0.1, 0.15) is 17.5 Å². The van der Waals surface area contributed by atoms with Crippen LogP contribution in [0.4, 0.5) is 4.39 Å². The Labute approximate surface area is 197 Å². The summed E-state index contributed by atoms with van der Waals surface area (Å²) in [4.78, 5) is 41.9. The molecule has 0 aliphatic heterocycles. The number of carbonyl (C=O) groups is 3. The fraction of sp³-hybridized carbons (Fsp3) is 0.440. The number of amides is 1. The third-order valence-corrected chi connectivity index (χ3v) is 5.85. The number of pyridine rings is 1. The number of halogens is 1. The highest BCUT2D eigenvalue weighted by atomic mass is 19.1. The zero-order valence-corrected chi connectivity index (χ0v) is 19.9. The van der Waals surface area contributed by atoms with E-state index >= 15 is 0 Å². The molecule has 2 unspecified atom stereocenters. The van der Waals surface area contributed by atoms with Crippen LogP contribution in [0.15, 0.2) is 30.5 Å². The van der Waals surface area contributed by atoms with E-state index in [4.69, 9.17) is 14.2 Å². The number of aryl methyl sites for hydroxylation is 1. The van der Waals surface area contributed by atoms with Crippen molar-refractivity contribution in [3.63, 3.8) is 0 Å². The molecule has 0 bridgehead atoms. The lowest BCUT2D eigenvalue weighted by Crippen LogP contribution is -2.52. The monoisotopic (exact) mass is 472 g/mol. The largest absolute Gasteiger partial charge is 0.493 e. The van der Waals surface area contributed by atoms with Crippen LogP contribution in [0.25, 0.3) is 0 Å². The van der Waals surface area contributed by atoms with Gasteiger partial charge in [0.2, 0.25) is 5.75 Å². The summed E-state index contributed by atoms with van der Waals surface area (Å²) in [5.41, 5.74) is 0.251. The van der Waals surface area contributed by atoms with Crippen LogP contribution in [0.3, 0.4) is 0 Å². The molecule has 0 spiro atoms. The van der Waals surface area contributed by atoms with E-state index < -0.39 is 29.5 Å². The van der Waals surface area contributed by atoms with Gasteiger partial charge in [-0.05, 0) is 49.9 Å². The van der Waals surface area contributed by atoms with Gasteiger partial charge in [0.05, 0.1) is 7.11 Å². The second-order valence-electron chi connectivity index (χ2n) is 8.71. The lowest BCUT2D eigenvalue weighted by Gasteiger charge is -2.34. The number of rotatable bonds is 7. The van der Waals surface area contributed by atoms with Crippen molar-refractivity contribution in [3.05, 3.63) is 53.1 Å². The zero-order chi connectivity index (χ0) is 25.0. The van der Waals surface area contributed by atoms with Crippen molar-refractivity contribution in [2.45, 2.75) is 64.5 Å². The Morgan fingerprint density at radius 2 is 1.97 bits per heavy atom. The molecule has 1 aromatic carbocycles. The van der Waals surface area contributed by atoms with E-state index in [1.165, 1.54) is 45.4 Å². The maximum Gasteiger partial charge on any atom is 0.331 e. The predicted molar refractivity (Wildman–Crippen MR) is 121 cm³/mol. The summed E-state index contributed by atoms with van der Waals surface area (Å²) < 4.78 is 29.8. The van der Waals surface area contributed by atoms with E-state index in [-0.39, 0.29) is 35.3 Å². The molecule has 1 aromatic heterocycles. The van der Waals surface area contributed by atoms with E-state index in [1.807, 2.05) is 6.92 Å². The van der Waals surface area contributed by atoms with Gasteiger partial charge < -0.3 is 19.5 Å². The molecule has 182 valence electrons. The zero-order valence-electron chi connectivity index (χ0n) is 19.9. The Hall–Kier alpha value is -3.49. The van der Waals surface area contributed by atoms with Crippen molar-refractivity contribution in [3.8, 4) is 11.5 Å². The fourth-order valence-electron chi connectivity index (χ4n) is 3.86. The molecule has 1 heterocycles. The number of nitrogens with one attached hydrogen (secondary N) is 1. The lowest BCUT2D eigenvalue weighted by atomic mass is 9.81. The quantitative estimate of drug-likeness (QED) is 0.613. The summed E-state index contributed by atoms with van der Waals surface area (Å²) in [5, 5.41) is 2.61. The van der Waals surface area contributed by atoms with Crippen LogP contribution in [0, 0.1) is 5.82 Å². The molecule has 0 fully saturated rings. The predicted octanol–water partition coefficient (Wildman–Crippen LogP) is 3.71. The molecule has 2 atom stereocenters. The van der Waals surface area contributed by atoms with Gasteiger partial charge in [-0.25, -0.2) is 14.2 Å². The van der Waals surface area contributed by atoms with Crippen LogP contribution >= 0.6 is 0 Å². The minimum Gasteiger partial charge on any atom is -0.493 e. The van der Waals surface area contributed by atoms with Gasteiger partial charge in [0.15, 0.2) is 11.4 Å². The third-order valence-electron chi connectivity index (χ3n) is 5.85. The Kier molecular flexibility index (Phi) is 7.54. The standard InChI is InChI=1S/C25H29FN2O6/c1-6-20(29)34-22-19(32-5)11-12-27-21(22)23(30)28-25(3,4)24(31)33-18-10-7-15-13-16(26)8-9-17(15)14(18)2/h8-9,11-14,18H,6-7,10H2,1-5H3,(H,28,30). The lowest BCUT2D eigenvalue weighted by molar-refractivity contribution is -0.157. The van der Waals surface area contributed by atoms with Crippen molar-refractivity contribution in [1.29, 1.82) is 0 Å². The average molecular weight is 473 g/mol. The minimum atomic E-state index is -1.41. The molecule has 1 aliphatic rings. The van der Waals surface area contributed by atoms with Gasteiger partial charge in [0.25, 0.3) is 5.91 Å². The highest BCUT2D eigenvalue weighted by molar-refractivity contribution is 5.99. The van der Waals surface area contributed by atoms with Crippen molar-refractivity contribution < 1.29 is 33.0 Å². The summed E-state index contributed by atoms with van der Waals surface area (Å²) in [5.74, 6) is -2.29. The Balaban J connectivity index is 1.75. The maximum absolute atomic E-state index is 13.5. The molecule has 0 saturated carbocycles. The minimum absolute atomic E-state index is 0.0896. The molecular formula is C25H29FN2O6. The SMILES string of the molecule is CCC(=O)Oc1c(OC)ccnc1C(=O)NC(C)(C)C(=O)OC1CCc2cc(F)ccc2C1C. The third kappa shape index (κ3) is 5.35. The number of esters is 2. The molecule has 8 nitrogen and oxygen atoms in total. The van der Waals surface area contributed by atoms with Crippen molar-refractivity contribution in [2.24, 2.45) is 0 Å². The van der Waals surface area contributed by atoms with Gasteiger partial charge in [0, 0.05) is 24.6 Å². The smallest absolute Gasteiger partial charge is 0.331 e. The Bertz CT molecular complexity index is 1100. The van der Waals surface area contributed by atoms with E-state index in [0.717, 1.165) is 11.1 Å². The summed E-state index contributed by atoms with van der Waals surface area (Å²) in [6, 6.07) is 6.09. The number of fused-ring (bicyclic) bond motifs is 1. The number of hydrogen-bond donors (Lipinski definition) is 1. The van der Waals surface area contributed by atoms with Crippen molar-refractivity contribution >= 4 is 17.8 Å². The topological polar surface area (TPSA) is 104 Å². The Morgan fingerprint density at radius 3 is 2.65 bits per heavy atom. The van der Waals surface area contributed by atoms with Crippen LogP contribution in [-0.2, 0) is 20.7 Å². The second-order valence-corrected chi connectivity index (χ2v) is 8.71. The van der Waals surface area contributed by atoms with Gasteiger partial charge in [-0.3, -0.25) is 9.59 Å². The number of methoxy groups -OCH3 is 1. The molecule has 9 heteroatoms. The van der Waals surface area contributed by atoms with Crippen LogP contribution in [0.5, 0.6) is 11.5 Å². The van der Waals surface area contributed by atoms with Gasteiger partial charge >= 0.3 is 11.9 Å². The van der Waals surface area contributed by atoms with E-state index in [2.05, 4.69) is 10.3 Å². The molecule has 1 N–H and O–H groups in total. The second kappa shape index (κ2) is 10.2.